The van der Waals surface area contributed by atoms with Gasteiger partial charge < -0.3 is 9.13 Å². The molecular formula is C48H32N3+. The molecule has 0 saturated carbocycles. The lowest BCUT2D eigenvalue weighted by atomic mass is 9.98. The van der Waals surface area contributed by atoms with Crippen LogP contribution in [0.3, 0.4) is 0 Å². The minimum absolute atomic E-state index is 0.0758. The van der Waals surface area contributed by atoms with E-state index in [9.17, 15) is 0 Å². The highest BCUT2D eigenvalue weighted by molar-refractivity contribution is 6.22. The molecule has 2 aromatic heterocycles. The number of aromatic nitrogens is 2. The van der Waals surface area contributed by atoms with Gasteiger partial charge in [0.15, 0.2) is 0 Å². The molecule has 2 aliphatic rings. The van der Waals surface area contributed by atoms with Crippen molar-refractivity contribution in [1.82, 2.24) is 13.7 Å². The van der Waals surface area contributed by atoms with Crippen molar-refractivity contribution < 1.29 is 0 Å². The highest BCUT2D eigenvalue weighted by atomic mass is 15.2. The first-order chi connectivity index (χ1) is 25.3. The summed E-state index contributed by atoms with van der Waals surface area (Å²) in [5.74, 6) is 0. The number of benzene rings is 7. The summed E-state index contributed by atoms with van der Waals surface area (Å²) < 4.78 is 7.50. The Balaban J connectivity index is 1.23. The molecule has 0 spiro atoms. The maximum atomic E-state index is 2.57. The smallest absolute Gasteiger partial charge is 0.235 e. The second-order valence-electron chi connectivity index (χ2n) is 13.6. The summed E-state index contributed by atoms with van der Waals surface area (Å²) in [6.45, 7) is 0. The Bertz CT molecular complexity index is 2880. The van der Waals surface area contributed by atoms with Crippen LogP contribution in [0.25, 0.3) is 71.6 Å². The number of allylic oxidation sites excluding steroid dienone is 4. The molecule has 0 bridgehead atoms. The first kappa shape index (κ1) is 28.2. The molecule has 1 aliphatic carbocycles. The fraction of sp³-hybridized carbons (Fsp3) is 0.0208. The number of hydrogen-bond donors (Lipinski definition) is 0. The van der Waals surface area contributed by atoms with E-state index in [1.807, 2.05) is 0 Å². The molecule has 0 amide bonds. The van der Waals surface area contributed by atoms with E-state index in [0.717, 1.165) is 5.69 Å². The molecule has 3 nitrogen and oxygen atoms in total. The van der Waals surface area contributed by atoms with Crippen molar-refractivity contribution in [1.29, 1.82) is 0 Å². The molecule has 7 aromatic carbocycles. The molecule has 0 saturated heterocycles. The molecule has 9 aromatic rings. The van der Waals surface area contributed by atoms with E-state index in [1.54, 1.807) is 0 Å². The van der Waals surface area contributed by atoms with Crippen LogP contribution in [0.5, 0.6) is 0 Å². The van der Waals surface area contributed by atoms with Crippen molar-refractivity contribution in [2.24, 2.45) is 0 Å². The number of nitrogens with zero attached hydrogens (tertiary/aromatic N) is 3. The highest BCUT2D eigenvalue weighted by Gasteiger charge is 2.37. The number of rotatable bonds is 4. The lowest BCUT2D eigenvalue weighted by Gasteiger charge is -2.24. The summed E-state index contributed by atoms with van der Waals surface area (Å²) in [5.41, 5.74) is 14.6. The second-order valence-corrected chi connectivity index (χ2v) is 13.6. The van der Waals surface area contributed by atoms with Crippen LogP contribution < -0.4 is 4.58 Å². The van der Waals surface area contributed by atoms with Gasteiger partial charge in [-0.1, -0.05) is 127 Å². The van der Waals surface area contributed by atoms with Crippen LogP contribution in [0.2, 0.25) is 0 Å². The molecule has 1 aliphatic heterocycles. The summed E-state index contributed by atoms with van der Waals surface area (Å²) in [6.07, 6.45) is 8.97. The number of para-hydroxylation sites is 3. The van der Waals surface area contributed by atoms with Gasteiger partial charge in [0, 0.05) is 51.5 Å². The third kappa shape index (κ3) is 4.15. The zero-order valence-corrected chi connectivity index (χ0v) is 27.8. The van der Waals surface area contributed by atoms with E-state index >= 15 is 0 Å². The maximum absolute atomic E-state index is 2.57. The van der Waals surface area contributed by atoms with Crippen LogP contribution in [0.4, 0.5) is 11.4 Å². The summed E-state index contributed by atoms with van der Waals surface area (Å²) in [4.78, 5) is 0. The topological polar surface area (TPSA) is 12.9 Å². The van der Waals surface area contributed by atoms with E-state index < -0.39 is 0 Å². The number of hydrogen-bond acceptors (Lipinski definition) is 0. The molecule has 1 unspecified atom stereocenters. The second kappa shape index (κ2) is 10.9. The normalized spacial score (nSPS) is 15.0. The SMILES string of the molecule is C1=CC2=[N+](c3ccccc3)c3cccc4c5cc6c(cc5n(c34)C2C=C1)c1ccccc1n6-c1cc(-c2ccccc2)cc(-c2ccccc2)c1. The minimum atomic E-state index is 0.0758. The molecule has 0 fully saturated rings. The van der Waals surface area contributed by atoms with Crippen molar-refractivity contribution in [3.63, 3.8) is 0 Å². The molecule has 11 rings (SSSR count). The fourth-order valence-corrected chi connectivity index (χ4v) is 8.57. The molecule has 0 N–H and O–H groups in total. The van der Waals surface area contributed by atoms with E-state index in [-0.39, 0.29) is 6.04 Å². The molecule has 3 heteroatoms. The fourth-order valence-electron chi connectivity index (χ4n) is 8.57. The molecule has 0 radical (unpaired) electrons. The van der Waals surface area contributed by atoms with E-state index in [4.69, 9.17) is 0 Å². The van der Waals surface area contributed by atoms with Gasteiger partial charge in [-0.05, 0) is 58.7 Å². The van der Waals surface area contributed by atoms with Gasteiger partial charge in [0.25, 0.3) is 0 Å². The van der Waals surface area contributed by atoms with Crippen LogP contribution in [-0.2, 0) is 0 Å². The summed E-state index contributed by atoms with van der Waals surface area (Å²) in [7, 11) is 0. The van der Waals surface area contributed by atoms with Gasteiger partial charge in [-0.25, -0.2) is 0 Å². The van der Waals surface area contributed by atoms with Gasteiger partial charge in [0.2, 0.25) is 17.1 Å². The van der Waals surface area contributed by atoms with Crippen LogP contribution in [0.15, 0.2) is 188 Å². The lowest BCUT2D eigenvalue weighted by molar-refractivity contribution is 0.781. The Labute approximate surface area is 295 Å². The average molecular weight is 651 g/mol. The van der Waals surface area contributed by atoms with Gasteiger partial charge in [-0.15, -0.1) is 0 Å². The third-order valence-corrected chi connectivity index (χ3v) is 10.8. The maximum Gasteiger partial charge on any atom is 0.235 e. The zero-order chi connectivity index (χ0) is 33.5. The molecule has 1 atom stereocenters. The third-order valence-electron chi connectivity index (χ3n) is 10.8. The summed E-state index contributed by atoms with van der Waals surface area (Å²) in [5, 5.41) is 5.05. The van der Waals surface area contributed by atoms with Crippen LogP contribution in [0.1, 0.15) is 6.04 Å². The Morgan fingerprint density at radius 2 is 1.08 bits per heavy atom. The summed E-state index contributed by atoms with van der Waals surface area (Å²) in [6, 6.07) is 59.9. The van der Waals surface area contributed by atoms with E-state index in [2.05, 4.69) is 202 Å². The quantitative estimate of drug-likeness (QED) is 0.168. The first-order valence-corrected chi connectivity index (χ1v) is 17.6. The zero-order valence-electron chi connectivity index (χ0n) is 27.8. The molecule has 238 valence electrons. The van der Waals surface area contributed by atoms with Gasteiger partial charge in [-0.2, -0.15) is 4.58 Å². The van der Waals surface area contributed by atoms with E-state index in [1.165, 1.54) is 83.0 Å². The van der Waals surface area contributed by atoms with E-state index in [0.29, 0.717) is 0 Å². The minimum Gasteiger partial charge on any atom is -0.318 e. The van der Waals surface area contributed by atoms with Gasteiger partial charge >= 0.3 is 0 Å². The Morgan fingerprint density at radius 3 is 1.82 bits per heavy atom. The van der Waals surface area contributed by atoms with Crippen LogP contribution in [0, 0.1) is 0 Å². The number of fused-ring (bicyclic) bond motifs is 8. The summed E-state index contributed by atoms with van der Waals surface area (Å²) >= 11 is 0. The van der Waals surface area contributed by atoms with Crippen LogP contribution in [-0.4, -0.2) is 14.8 Å². The molecule has 51 heavy (non-hydrogen) atoms. The lowest BCUT2D eigenvalue weighted by Crippen LogP contribution is -2.30. The van der Waals surface area contributed by atoms with Gasteiger partial charge in [0.05, 0.1) is 16.6 Å². The highest BCUT2D eigenvalue weighted by Crippen LogP contribution is 2.46. The van der Waals surface area contributed by atoms with Crippen molar-refractivity contribution in [2.75, 3.05) is 0 Å². The monoisotopic (exact) mass is 650 g/mol. The largest absolute Gasteiger partial charge is 0.318 e. The Kier molecular flexibility index (Phi) is 6.02. The predicted octanol–water partition coefficient (Wildman–Crippen LogP) is 12.2. The standard InChI is InChI=1S/C48H32N3/c1-4-15-32(16-5-1)34-27-35(33-17-6-2-7-18-33)29-37(28-34)50-42-23-11-10-21-38(42)40-30-47-41(31-46(40)50)39-22-14-26-45-48(39)51(47)44-25-13-12-24-43(44)49(45)36-19-8-3-9-20-36/h1-31,44H/q+1. The first-order valence-electron chi connectivity index (χ1n) is 17.6. The van der Waals surface area contributed by atoms with Crippen molar-refractivity contribution in [3.8, 4) is 27.9 Å². The van der Waals surface area contributed by atoms with Gasteiger partial charge in [0.1, 0.15) is 11.6 Å². The van der Waals surface area contributed by atoms with Gasteiger partial charge in [-0.3, -0.25) is 0 Å². The van der Waals surface area contributed by atoms with Crippen molar-refractivity contribution in [2.45, 2.75) is 6.04 Å². The average Bonchev–Trinajstić information content (AvgIpc) is 3.71. The molecular weight excluding hydrogens is 619 g/mol. The van der Waals surface area contributed by atoms with Crippen molar-refractivity contribution >= 4 is 60.7 Å². The Morgan fingerprint density at radius 1 is 0.451 bits per heavy atom. The Hall–Kier alpha value is -6.71. The molecule has 3 heterocycles. The predicted molar refractivity (Wildman–Crippen MR) is 215 cm³/mol. The van der Waals surface area contributed by atoms with Crippen molar-refractivity contribution in [3.05, 3.63) is 188 Å². The van der Waals surface area contributed by atoms with Crippen LogP contribution >= 0.6 is 0 Å².